The zero-order chi connectivity index (χ0) is 19.9. The van der Waals surface area contributed by atoms with E-state index < -0.39 is 10.0 Å². The Hall–Kier alpha value is -2.20. The van der Waals surface area contributed by atoms with Gasteiger partial charge in [-0.1, -0.05) is 24.3 Å². The van der Waals surface area contributed by atoms with Gasteiger partial charge in [-0.3, -0.25) is 10.1 Å². The van der Waals surface area contributed by atoms with E-state index in [0.717, 1.165) is 26.2 Å². The topological polar surface area (TPSA) is 79.4 Å². The minimum absolute atomic E-state index is 0.0777. The highest BCUT2D eigenvalue weighted by Crippen LogP contribution is 2.44. The van der Waals surface area contributed by atoms with Gasteiger partial charge in [0, 0.05) is 40.7 Å². The van der Waals surface area contributed by atoms with Crippen LogP contribution in [0.5, 0.6) is 0 Å². The molecule has 2 heterocycles. The summed E-state index contributed by atoms with van der Waals surface area (Å²) >= 11 is 3.20. The number of aromatic nitrogens is 1. The van der Waals surface area contributed by atoms with Crippen molar-refractivity contribution in [3.8, 4) is 11.3 Å². The molecule has 3 aromatic rings. The second kappa shape index (κ2) is 7.32. The third kappa shape index (κ3) is 3.46. The highest BCUT2D eigenvalue weighted by atomic mass is 32.2. The van der Waals surface area contributed by atoms with Crippen LogP contribution in [-0.4, -0.2) is 37.7 Å². The molecule has 0 spiro atoms. The van der Waals surface area contributed by atoms with Crippen LogP contribution in [0.3, 0.4) is 0 Å². The number of benzene rings is 2. The van der Waals surface area contributed by atoms with Crippen LogP contribution in [-0.2, 0) is 15.8 Å². The van der Waals surface area contributed by atoms with E-state index in [4.69, 9.17) is 0 Å². The number of thioether (sulfide) groups is 1. The van der Waals surface area contributed by atoms with E-state index in [2.05, 4.69) is 16.4 Å². The summed E-state index contributed by atoms with van der Waals surface area (Å²) in [6.07, 6.45) is 0. The number of rotatable bonds is 4. The average molecular weight is 432 g/mol. The number of hydrogen-bond donors (Lipinski definition) is 1. The van der Waals surface area contributed by atoms with Crippen molar-refractivity contribution in [3.05, 3.63) is 59.0 Å². The van der Waals surface area contributed by atoms with Crippen LogP contribution >= 0.6 is 23.1 Å². The minimum Gasteiger partial charge on any atom is -0.298 e. The Labute approximate surface area is 171 Å². The number of carbonyl (C=O) groups excluding carboxylic acids is 1. The summed E-state index contributed by atoms with van der Waals surface area (Å²) in [6, 6.07) is 14.1. The molecule has 0 atom stereocenters. The highest BCUT2D eigenvalue weighted by Gasteiger charge is 2.23. The number of hydrogen-bond acceptors (Lipinski definition) is 6. The average Bonchev–Trinajstić information content (AvgIpc) is 3.11. The number of anilines is 1. The molecule has 9 heteroatoms. The Bertz CT molecular complexity index is 1170. The lowest BCUT2D eigenvalue weighted by Gasteiger charge is -2.13. The molecule has 1 aromatic heterocycles. The summed E-state index contributed by atoms with van der Waals surface area (Å²) in [4.78, 5) is 19.6. The SMILES string of the molecule is CN(C)S(=O)(=O)c1cccc(C(=O)Nc2nc3c(s2)CSc2ccccc2-3)c1. The Kier molecular flexibility index (Phi) is 5.00. The Morgan fingerprint density at radius 3 is 2.71 bits per heavy atom. The van der Waals surface area contributed by atoms with E-state index in [9.17, 15) is 13.2 Å². The molecule has 0 aliphatic carbocycles. The van der Waals surface area contributed by atoms with Gasteiger partial charge in [-0.25, -0.2) is 17.7 Å². The van der Waals surface area contributed by atoms with Gasteiger partial charge in [0.1, 0.15) is 0 Å². The van der Waals surface area contributed by atoms with E-state index in [-0.39, 0.29) is 16.4 Å². The number of sulfonamides is 1. The van der Waals surface area contributed by atoms with Crippen molar-refractivity contribution in [1.29, 1.82) is 0 Å². The molecule has 28 heavy (non-hydrogen) atoms. The normalized spacial score (nSPS) is 13.1. The summed E-state index contributed by atoms with van der Waals surface area (Å²) in [6.45, 7) is 0. The van der Waals surface area contributed by atoms with Crippen LogP contribution in [0.4, 0.5) is 5.13 Å². The van der Waals surface area contributed by atoms with Gasteiger partial charge in [0.15, 0.2) is 5.13 Å². The van der Waals surface area contributed by atoms with Crippen molar-refractivity contribution in [2.45, 2.75) is 15.5 Å². The molecule has 1 N–H and O–H groups in total. The quantitative estimate of drug-likeness (QED) is 0.677. The minimum atomic E-state index is -3.60. The summed E-state index contributed by atoms with van der Waals surface area (Å²) in [5.74, 6) is 0.430. The van der Waals surface area contributed by atoms with Crippen molar-refractivity contribution < 1.29 is 13.2 Å². The lowest BCUT2D eigenvalue weighted by Crippen LogP contribution is -2.22. The molecule has 1 aliphatic heterocycles. The molecule has 2 aromatic carbocycles. The van der Waals surface area contributed by atoms with Gasteiger partial charge in [0.2, 0.25) is 10.0 Å². The molecule has 6 nitrogen and oxygen atoms in total. The zero-order valence-electron chi connectivity index (χ0n) is 15.2. The maximum atomic E-state index is 12.7. The van der Waals surface area contributed by atoms with Crippen LogP contribution in [0.1, 0.15) is 15.2 Å². The number of nitrogens with one attached hydrogen (secondary N) is 1. The molecule has 1 amide bonds. The van der Waals surface area contributed by atoms with E-state index in [1.54, 1.807) is 23.9 Å². The largest absolute Gasteiger partial charge is 0.298 e. The standard InChI is InChI=1S/C19H17N3O3S3/c1-22(2)28(24,25)13-7-5-6-12(10-13)18(23)21-19-20-17-14-8-3-4-9-15(14)26-11-16(17)27-19/h3-10H,11H2,1-2H3,(H,20,21,23). The molecule has 4 rings (SSSR count). The summed E-state index contributed by atoms with van der Waals surface area (Å²) < 4.78 is 25.7. The lowest BCUT2D eigenvalue weighted by atomic mass is 10.1. The molecule has 0 fully saturated rings. The molecule has 0 saturated carbocycles. The first-order chi connectivity index (χ1) is 13.4. The number of fused-ring (bicyclic) bond motifs is 3. The Morgan fingerprint density at radius 1 is 1.14 bits per heavy atom. The summed E-state index contributed by atoms with van der Waals surface area (Å²) in [5.41, 5.74) is 2.24. The van der Waals surface area contributed by atoms with Gasteiger partial charge in [-0.15, -0.1) is 23.1 Å². The van der Waals surface area contributed by atoms with E-state index in [1.807, 2.05) is 18.2 Å². The predicted molar refractivity (Wildman–Crippen MR) is 112 cm³/mol. The fourth-order valence-corrected chi connectivity index (χ4v) is 5.87. The number of carbonyl (C=O) groups is 1. The molecular weight excluding hydrogens is 414 g/mol. The second-order valence-corrected chi connectivity index (χ2v) is 10.6. The van der Waals surface area contributed by atoms with Crippen molar-refractivity contribution >= 4 is 44.2 Å². The second-order valence-electron chi connectivity index (χ2n) is 6.35. The number of amides is 1. The van der Waals surface area contributed by atoms with Gasteiger partial charge in [-0.2, -0.15) is 0 Å². The summed E-state index contributed by atoms with van der Waals surface area (Å²) in [7, 11) is -0.691. The third-order valence-corrected chi connectivity index (χ3v) is 8.36. The highest BCUT2D eigenvalue weighted by molar-refractivity contribution is 7.98. The first kappa shape index (κ1) is 19.1. The van der Waals surface area contributed by atoms with Crippen molar-refractivity contribution in [2.75, 3.05) is 19.4 Å². The predicted octanol–water partition coefficient (Wildman–Crippen LogP) is 3.92. The van der Waals surface area contributed by atoms with Gasteiger partial charge in [0.25, 0.3) is 5.91 Å². The van der Waals surface area contributed by atoms with E-state index in [0.29, 0.717) is 5.13 Å². The number of nitrogens with zero attached hydrogens (tertiary/aromatic N) is 2. The van der Waals surface area contributed by atoms with Gasteiger partial charge in [0.05, 0.1) is 10.6 Å². The maximum Gasteiger partial charge on any atom is 0.257 e. The van der Waals surface area contributed by atoms with Crippen LogP contribution in [0.25, 0.3) is 11.3 Å². The summed E-state index contributed by atoms with van der Waals surface area (Å²) in [5, 5.41) is 3.31. The molecule has 1 aliphatic rings. The van der Waals surface area contributed by atoms with Crippen molar-refractivity contribution in [1.82, 2.24) is 9.29 Å². The molecular formula is C19H17N3O3S3. The smallest absolute Gasteiger partial charge is 0.257 e. The Balaban J connectivity index is 1.60. The van der Waals surface area contributed by atoms with E-state index in [1.165, 1.54) is 42.5 Å². The zero-order valence-corrected chi connectivity index (χ0v) is 17.6. The number of thiazole rings is 1. The monoisotopic (exact) mass is 431 g/mol. The van der Waals surface area contributed by atoms with Gasteiger partial charge >= 0.3 is 0 Å². The van der Waals surface area contributed by atoms with Crippen LogP contribution < -0.4 is 5.32 Å². The third-order valence-electron chi connectivity index (χ3n) is 4.29. The molecule has 0 saturated heterocycles. The van der Waals surface area contributed by atoms with Gasteiger partial charge in [-0.05, 0) is 24.3 Å². The van der Waals surface area contributed by atoms with Crippen molar-refractivity contribution in [3.63, 3.8) is 0 Å². The maximum absolute atomic E-state index is 12.7. The van der Waals surface area contributed by atoms with Crippen LogP contribution in [0, 0.1) is 0 Å². The Morgan fingerprint density at radius 2 is 1.93 bits per heavy atom. The first-order valence-electron chi connectivity index (χ1n) is 8.42. The van der Waals surface area contributed by atoms with Crippen molar-refractivity contribution in [2.24, 2.45) is 0 Å². The molecule has 144 valence electrons. The fourth-order valence-electron chi connectivity index (χ4n) is 2.82. The van der Waals surface area contributed by atoms with Gasteiger partial charge < -0.3 is 0 Å². The molecule has 0 radical (unpaired) electrons. The molecule has 0 bridgehead atoms. The molecule has 0 unspecified atom stereocenters. The van der Waals surface area contributed by atoms with E-state index >= 15 is 0 Å². The first-order valence-corrected chi connectivity index (χ1v) is 11.7. The fraction of sp³-hybridized carbons (Fsp3) is 0.158. The lowest BCUT2D eigenvalue weighted by molar-refractivity contribution is 0.102. The van der Waals surface area contributed by atoms with Crippen LogP contribution in [0.2, 0.25) is 0 Å². The van der Waals surface area contributed by atoms with Crippen LogP contribution in [0.15, 0.2) is 58.3 Å².